The van der Waals surface area contributed by atoms with Gasteiger partial charge in [0.05, 0.1) is 19.8 Å². The van der Waals surface area contributed by atoms with Crippen molar-refractivity contribution in [3.63, 3.8) is 0 Å². The third-order valence-corrected chi connectivity index (χ3v) is 2.86. The van der Waals surface area contributed by atoms with Crippen LogP contribution in [-0.2, 0) is 11.3 Å². The first-order chi connectivity index (χ1) is 8.66. The van der Waals surface area contributed by atoms with Crippen molar-refractivity contribution in [3.8, 4) is 0 Å². The molecule has 0 aliphatic carbocycles. The molecule has 1 amide bonds. The summed E-state index contributed by atoms with van der Waals surface area (Å²) in [5, 5.41) is 3.25. The zero-order chi connectivity index (χ0) is 13.0. The van der Waals surface area contributed by atoms with Gasteiger partial charge < -0.3 is 19.4 Å². The Balaban J connectivity index is 1.94. The van der Waals surface area contributed by atoms with Crippen LogP contribution in [-0.4, -0.2) is 43.2 Å². The van der Waals surface area contributed by atoms with Gasteiger partial charge in [0.2, 0.25) is 0 Å². The molecular weight excluding hydrogens is 232 g/mol. The second kappa shape index (κ2) is 6.02. The van der Waals surface area contributed by atoms with Crippen LogP contribution < -0.4 is 5.32 Å². The van der Waals surface area contributed by atoms with Crippen LogP contribution in [0.2, 0.25) is 0 Å². The maximum absolute atomic E-state index is 12.1. The van der Waals surface area contributed by atoms with Crippen molar-refractivity contribution in [3.05, 3.63) is 23.7 Å². The smallest absolute Gasteiger partial charge is 0.289 e. The SMILES string of the molecule is CC(C)NCc1ccc(C(=O)N2CCOCC2)o1. The van der Waals surface area contributed by atoms with Crippen LogP contribution in [0.25, 0.3) is 0 Å². The van der Waals surface area contributed by atoms with E-state index in [1.807, 2.05) is 6.07 Å². The Morgan fingerprint density at radius 2 is 2.11 bits per heavy atom. The lowest BCUT2D eigenvalue weighted by Crippen LogP contribution is -2.40. The number of carbonyl (C=O) groups excluding carboxylic acids is 1. The minimum absolute atomic E-state index is 0.0471. The first-order valence-corrected chi connectivity index (χ1v) is 6.36. The Morgan fingerprint density at radius 1 is 1.39 bits per heavy atom. The van der Waals surface area contributed by atoms with E-state index >= 15 is 0 Å². The van der Waals surface area contributed by atoms with Crippen LogP contribution in [0.15, 0.2) is 16.5 Å². The summed E-state index contributed by atoms with van der Waals surface area (Å²) in [4.78, 5) is 13.9. The predicted octanol–water partition coefficient (Wildman–Crippen LogP) is 1.25. The lowest BCUT2D eigenvalue weighted by Gasteiger charge is -2.25. The molecule has 0 saturated carbocycles. The van der Waals surface area contributed by atoms with Gasteiger partial charge in [0.1, 0.15) is 5.76 Å². The topological polar surface area (TPSA) is 54.7 Å². The molecule has 2 heterocycles. The molecule has 1 fully saturated rings. The third kappa shape index (κ3) is 3.34. The van der Waals surface area contributed by atoms with Gasteiger partial charge in [-0.25, -0.2) is 0 Å². The van der Waals surface area contributed by atoms with Crippen molar-refractivity contribution in [2.45, 2.75) is 26.4 Å². The van der Waals surface area contributed by atoms with Crippen LogP contribution in [0.1, 0.15) is 30.2 Å². The van der Waals surface area contributed by atoms with Crippen molar-refractivity contribution in [2.24, 2.45) is 0 Å². The number of hydrogen-bond acceptors (Lipinski definition) is 4. The fraction of sp³-hybridized carbons (Fsp3) is 0.615. The molecule has 1 aliphatic rings. The summed E-state index contributed by atoms with van der Waals surface area (Å²) in [5.74, 6) is 1.16. The molecule has 0 unspecified atom stereocenters. The molecule has 5 heteroatoms. The maximum atomic E-state index is 12.1. The Morgan fingerprint density at radius 3 is 2.78 bits per heavy atom. The highest BCUT2D eigenvalue weighted by Crippen LogP contribution is 2.12. The van der Waals surface area contributed by atoms with Crippen molar-refractivity contribution in [1.29, 1.82) is 0 Å². The Bertz CT molecular complexity index is 395. The number of nitrogens with zero attached hydrogens (tertiary/aromatic N) is 1. The normalized spacial score (nSPS) is 16.3. The monoisotopic (exact) mass is 252 g/mol. The Labute approximate surface area is 107 Å². The molecule has 1 saturated heterocycles. The van der Waals surface area contributed by atoms with Gasteiger partial charge in [-0.2, -0.15) is 0 Å². The molecule has 1 aliphatic heterocycles. The van der Waals surface area contributed by atoms with Crippen LogP contribution in [0.5, 0.6) is 0 Å². The molecule has 1 aromatic heterocycles. The van der Waals surface area contributed by atoms with Crippen molar-refractivity contribution in [2.75, 3.05) is 26.3 Å². The molecule has 0 bridgehead atoms. The highest BCUT2D eigenvalue weighted by atomic mass is 16.5. The third-order valence-electron chi connectivity index (χ3n) is 2.86. The Kier molecular flexibility index (Phi) is 4.38. The van der Waals surface area contributed by atoms with Gasteiger partial charge in [-0.05, 0) is 12.1 Å². The minimum Gasteiger partial charge on any atom is -0.455 e. The van der Waals surface area contributed by atoms with Gasteiger partial charge >= 0.3 is 0 Å². The summed E-state index contributed by atoms with van der Waals surface area (Å²) in [6, 6.07) is 3.99. The maximum Gasteiger partial charge on any atom is 0.289 e. The van der Waals surface area contributed by atoms with E-state index < -0.39 is 0 Å². The van der Waals surface area contributed by atoms with Gasteiger partial charge in [0.15, 0.2) is 5.76 Å². The van der Waals surface area contributed by atoms with Crippen LogP contribution in [0.3, 0.4) is 0 Å². The number of hydrogen-bond donors (Lipinski definition) is 1. The molecule has 1 N–H and O–H groups in total. The lowest BCUT2D eigenvalue weighted by atomic mass is 10.3. The molecule has 0 spiro atoms. The second-order valence-electron chi connectivity index (χ2n) is 4.71. The number of furan rings is 1. The van der Waals surface area contributed by atoms with Crippen molar-refractivity contribution >= 4 is 5.91 Å². The minimum atomic E-state index is -0.0471. The molecule has 5 nitrogen and oxygen atoms in total. The average molecular weight is 252 g/mol. The van der Waals surface area contributed by atoms with Gasteiger partial charge in [-0.3, -0.25) is 4.79 Å². The number of nitrogens with one attached hydrogen (secondary N) is 1. The van der Waals surface area contributed by atoms with Gasteiger partial charge in [0.25, 0.3) is 5.91 Å². The molecule has 100 valence electrons. The van der Waals surface area contributed by atoms with E-state index in [0.29, 0.717) is 44.7 Å². The molecule has 2 rings (SSSR count). The summed E-state index contributed by atoms with van der Waals surface area (Å²) >= 11 is 0. The van der Waals surface area contributed by atoms with E-state index in [0.717, 1.165) is 5.76 Å². The summed E-state index contributed by atoms with van der Waals surface area (Å²) in [6.07, 6.45) is 0. The molecule has 18 heavy (non-hydrogen) atoms. The average Bonchev–Trinajstić information content (AvgIpc) is 2.85. The first kappa shape index (κ1) is 13.1. The summed E-state index contributed by atoms with van der Waals surface area (Å²) in [6.45, 7) is 7.28. The van der Waals surface area contributed by atoms with E-state index in [1.54, 1.807) is 11.0 Å². The number of ether oxygens (including phenoxy) is 1. The number of rotatable bonds is 4. The second-order valence-corrected chi connectivity index (χ2v) is 4.71. The number of morpholine rings is 1. The van der Waals surface area contributed by atoms with E-state index in [1.165, 1.54) is 0 Å². The molecule has 0 aromatic carbocycles. The van der Waals surface area contributed by atoms with Gasteiger partial charge in [-0.15, -0.1) is 0 Å². The van der Waals surface area contributed by atoms with Crippen LogP contribution in [0, 0.1) is 0 Å². The van der Waals surface area contributed by atoms with Gasteiger partial charge in [-0.1, -0.05) is 13.8 Å². The summed E-state index contributed by atoms with van der Waals surface area (Å²) < 4.78 is 10.8. The van der Waals surface area contributed by atoms with E-state index in [-0.39, 0.29) is 5.91 Å². The van der Waals surface area contributed by atoms with Crippen LogP contribution in [0.4, 0.5) is 0 Å². The van der Waals surface area contributed by atoms with Crippen LogP contribution >= 0.6 is 0 Å². The highest BCUT2D eigenvalue weighted by molar-refractivity contribution is 5.91. The Hall–Kier alpha value is -1.33. The quantitative estimate of drug-likeness (QED) is 0.876. The molecule has 0 atom stereocenters. The van der Waals surface area contributed by atoms with E-state index in [2.05, 4.69) is 19.2 Å². The summed E-state index contributed by atoms with van der Waals surface area (Å²) in [7, 11) is 0. The van der Waals surface area contributed by atoms with E-state index in [9.17, 15) is 4.79 Å². The number of carbonyl (C=O) groups is 1. The number of amides is 1. The van der Waals surface area contributed by atoms with Crippen molar-refractivity contribution in [1.82, 2.24) is 10.2 Å². The summed E-state index contributed by atoms with van der Waals surface area (Å²) in [5.41, 5.74) is 0. The standard InChI is InChI=1S/C13H20N2O3/c1-10(2)14-9-11-3-4-12(18-11)13(16)15-5-7-17-8-6-15/h3-4,10,14H,5-9H2,1-2H3. The fourth-order valence-electron chi connectivity index (χ4n) is 1.81. The lowest BCUT2D eigenvalue weighted by molar-refractivity contribution is 0.0281. The largest absolute Gasteiger partial charge is 0.455 e. The van der Waals surface area contributed by atoms with Crippen molar-refractivity contribution < 1.29 is 13.9 Å². The zero-order valence-corrected chi connectivity index (χ0v) is 10.9. The molecular formula is C13H20N2O3. The zero-order valence-electron chi connectivity index (χ0n) is 10.9. The predicted molar refractivity (Wildman–Crippen MR) is 67.4 cm³/mol. The van der Waals surface area contributed by atoms with Gasteiger partial charge in [0, 0.05) is 19.1 Å². The first-order valence-electron chi connectivity index (χ1n) is 6.36. The molecule has 1 aromatic rings. The fourth-order valence-corrected chi connectivity index (χ4v) is 1.81. The molecule has 0 radical (unpaired) electrons. The highest BCUT2D eigenvalue weighted by Gasteiger charge is 2.21. The van der Waals surface area contributed by atoms with E-state index in [4.69, 9.17) is 9.15 Å².